The highest BCUT2D eigenvalue weighted by molar-refractivity contribution is 7.13. The Kier molecular flexibility index (Phi) is 4.74. The van der Waals surface area contributed by atoms with E-state index in [4.69, 9.17) is 10.2 Å². The number of thiazole rings is 1. The van der Waals surface area contributed by atoms with E-state index in [0.717, 1.165) is 5.13 Å². The molecule has 0 aliphatic carbocycles. The minimum absolute atomic E-state index is 0.291. The van der Waals surface area contributed by atoms with Crippen LogP contribution in [0.2, 0.25) is 0 Å². The summed E-state index contributed by atoms with van der Waals surface area (Å²) in [5.41, 5.74) is 0. The van der Waals surface area contributed by atoms with Gasteiger partial charge in [-0.3, -0.25) is 0 Å². The molecule has 0 bridgehead atoms. The molecular formula is C11H16N4O4S. The molecule has 0 radical (unpaired) electrons. The van der Waals surface area contributed by atoms with Crippen molar-refractivity contribution in [3.63, 3.8) is 0 Å². The van der Waals surface area contributed by atoms with Crippen molar-refractivity contribution in [3.05, 3.63) is 11.6 Å². The number of aliphatic hydroxyl groups excluding tert-OH is 1. The lowest BCUT2D eigenvalue weighted by molar-refractivity contribution is -0.146. The summed E-state index contributed by atoms with van der Waals surface area (Å²) in [6, 6.07) is -0.357. The zero-order valence-electron chi connectivity index (χ0n) is 10.7. The number of piperazine rings is 1. The number of aliphatic hydroxyl groups is 1. The summed E-state index contributed by atoms with van der Waals surface area (Å²) in [5.74, 6) is -1.35. The third kappa shape index (κ3) is 3.58. The predicted molar refractivity (Wildman–Crippen MR) is 72.9 cm³/mol. The third-order valence-corrected chi connectivity index (χ3v) is 3.82. The van der Waals surface area contributed by atoms with E-state index in [9.17, 15) is 9.59 Å². The van der Waals surface area contributed by atoms with Gasteiger partial charge in [-0.2, -0.15) is 0 Å². The first-order valence-corrected chi connectivity index (χ1v) is 7.04. The van der Waals surface area contributed by atoms with Gasteiger partial charge in [0.25, 0.3) is 0 Å². The number of hydrogen-bond donors (Lipinski definition) is 3. The van der Waals surface area contributed by atoms with Crippen molar-refractivity contribution in [3.8, 4) is 0 Å². The number of rotatable bonds is 4. The number of aliphatic carboxylic acids is 1. The summed E-state index contributed by atoms with van der Waals surface area (Å²) in [5, 5.41) is 22.9. The first-order valence-electron chi connectivity index (χ1n) is 6.16. The van der Waals surface area contributed by atoms with E-state index in [1.807, 2.05) is 5.38 Å². The Balaban J connectivity index is 1.76. The highest BCUT2D eigenvalue weighted by atomic mass is 32.1. The standard InChI is InChI=1S/C11H16N4O4S/c16-8(9(17)18)7-13-10(19)14-2-4-15(5-3-14)11-12-1-6-20-11/h1,6,8,16H,2-5,7H2,(H,13,19)(H,17,18)/t8-/m0/s1. The Morgan fingerprint density at radius 1 is 1.40 bits per heavy atom. The number of carbonyl (C=O) groups excluding carboxylic acids is 1. The number of anilines is 1. The fourth-order valence-corrected chi connectivity index (χ4v) is 2.55. The monoisotopic (exact) mass is 300 g/mol. The van der Waals surface area contributed by atoms with Gasteiger partial charge in [0.1, 0.15) is 0 Å². The molecule has 2 rings (SSSR count). The lowest BCUT2D eigenvalue weighted by Gasteiger charge is -2.34. The Labute approximate surface area is 119 Å². The van der Waals surface area contributed by atoms with Gasteiger partial charge in [-0.05, 0) is 0 Å². The van der Waals surface area contributed by atoms with Crippen molar-refractivity contribution in [2.75, 3.05) is 37.6 Å². The van der Waals surface area contributed by atoms with Crippen LogP contribution in [0.1, 0.15) is 0 Å². The van der Waals surface area contributed by atoms with Gasteiger partial charge in [0.2, 0.25) is 0 Å². The highest BCUT2D eigenvalue weighted by Crippen LogP contribution is 2.18. The van der Waals surface area contributed by atoms with Crippen LogP contribution in [0, 0.1) is 0 Å². The Hall–Kier alpha value is -1.87. The average Bonchev–Trinajstić information content (AvgIpc) is 2.98. The SMILES string of the molecule is O=C(O)[C@@H](O)CNC(=O)N1CCN(c2nccs2)CC1. The molecule has 2 amide bonds. The Morgan fingerprint density at radius 2 is 2.10 bits per heavy atom. The highest BCUT2D eigenvalue weighted by Gasteiger charge is 2.23. The van der Waals surface area contributed by atoms with Crippen LogP contribution in [0.25, 0.3) is 0 Å². The summed E-state index contributed by atoms with van der Waals surface area (Å²) in [7, 11) is 0. The number of amides is 2. The number of carboxylic acid groups (broad SMARTS) is 1. The molecule has 2 heterocycles. The summed E-state index contributed by atoms with van der Waals surface area (Å²) in [6.07, 6.45) is 0.169. The van der Waals surface area contributed by atoms with Gasteiger partial charge in [0, 0.05) is 37.8 Å². The fraction of sp³-hybridized carbons (Fsp3) is 0.545. The van der Waals surface area contributed by atoms with Crippen LogP contribution in [0.3, 0.4) is 0 Å². The summed E-state index contributed by atoms with van der Waals surface area (Å²) in [6.45, 7) is 2.15. The minimum Gasteiger partial charge on any atom is -0.479 e. The lowest BCUT2D eigenvalue weighted by Crippen LogP contribution is -2.53. The number of urea groups is 1. The van der Waals surface area contributed by atoms with E-state index in [1.54, 1.807) is 22.4 Å². The fourth-order valence-electron chi connectivity index (χ4n) is 1.86. The summed E-state index contributed by atoms with van der Waals surface area (Å²) >= 11 is 1.55. The van der Waals surface area contributed by atoms with Crippen LogP contribution in [0.4, 0.5) is 9.93 Å². The van der Waals surface area contributed by atoms with Crippen molar-refractivity contribution >= 4 is 28.5 Å². The van der Waals surface area contributed by atoms with Crippen molar-refractivity contribution in [1.29, 1.82) is 0 Å². The third-order valence-electron chi connectivity index (χ3n) is 2.99. The molecule has 20 heavy (non-hydrogen) atoms. The molecule has 1 aliphatic rings. The number of hydrogen-bond acceptors (Lipinski definition) is 6. The zero-order valence-corrected chi connectivity index (χ0v) is 11.5. The second kappa shape index (κ2) is 6.53. The van der Waals surface area contributed by atoms with E-state index in [1.165, 1.54) is 0 Å². The van der Waals surface area contributed by atoms with Crippen LogP contribution in [0.5, 0.6) is 0 Å². The van der Waals surface area contributed by atoms with Crippen molar-refractivity contribution in [2.45, 2.75) is 6.10 Å². The lowest BCUT2D eigenvalue weighted by atomic mass is 10.3. The van der Waals surface area contributed by atoms with Gasteiger partial charge in [-0.15, -0.1) is 11.3 Å². The largest absolute Gasteiger partial charge is 0.479 e. The van der Waals surface area contributed by atoms with Crippen molar-refractivity contribution < 1.29 is 19.8 Å². The number of carbonyl (C=O) groups is 2. The van der Waals surface area contributed by atoms with Crippen LogP contribution >= 0.6 is 11.3 Å². The van der Waals surface area contributed by atoms with Crippen LogP contribution in [-0.4, -0.2) is 70.9 Å². The smallest absolute Gasteiger partial charge is 0.334 e. The molecule has 110 valence electrons. The van der Waals surface area contributed by atoms with E-state index in [2.05, 4.69) is 15.2 Å². The molecule has 0 aromatic carbocycles. The molecule has 3 N–H and O–H groups in total. The molecule has 1 aliphatic heterocycles. The second-order valence-electron chi connectivity index (χ2n) is 4.33. The maximum absolute atomic E-state index is 11.8. The zero-order chi connectivity index (χ0) is 14.5. The average molecular weight is 300 g/mol. The van der Waals surface area contributed by atoms with Gasteiger partial charge in [-0.1, -0.05) is 0 Å². The van der Waals surface area contributed by atoms with Gasteiger partial charge in [0.15, 0.2) is 11.2 Å². The van der Waals surface area contributed by atoms with Gasteiger partial charge < -0.3 is 25.3 Å². The van der Waals surface area contributed by atoms with E-state index in [-0.39, 0.29) is 12.6 Å². The first-order chi connectivity index (χ1) is 9.58. The number of carboxylic acids is 1. The van der Waals surface area contributed by atoms with Crippen molar-refractivity contribution in [1.82, 2.24) is 15.2 Å². The molecule has 1 saturated heterocycles. The topological polar surface area (TPSA) is 106 Å². The molecule has 9 heteroatoms. The number of aromatic nitrogens is 1. The van der Waals surface area contributed by atoms with Gasteiger partial charge in [-0.25, -0.2) is 14.6 Å². The Morgan fingerprint density at radius 3 is 2.65 bits per heavy atom. The van der Waals surface area contributed by atoms with E-state index in [0.29, 0.717) is 26.2 Å². The van der Waals surface area contributed by atoms with Gasteiger partial charge >= 0.3 is 12.0 Å². The number of nitrogens with zero attached hydrogens (tertiary/aromatic N) is 3. The molecule has 1 atom stereocenters. The predicted octanol–water partition coefficient (Wildman–Crippen LogP) is -0.580. The maximum Gasteiger partial charge on any atom is 0.334 e. The van der Waals surface area contributed by atoms with Crippen LogP contribution in [-0.2, 0) is 4.79 Å². The molecule has 1 aromatic heterocycles. The van der Waals surface area contributed by atoms with Crippen molar-refractivity contribution in [2.24, 2.45) is 0 Å². The molecule has 0 saturated carbocycles. The quantitative estimate of drug-likeness (QED) is 0.687. The van der Waals surface area contributed by atoms with E-state index >= 15 is 0 Å². The summed E-state index contributed by atoms with van der Waals surface area (Å²) in [4.78, 5) is 30.1. The van der Waals surface area contributed by atoms with Gasteiger partial charge in [0.05, 0.1) is 6.54 Å². The molecule has 1 aromatic rings. The molecule has 0 spiro atoms. The molecular weight excluding hydrogens is 284 g/mol. The van der Waals surface area contributed by atoms with Crippen LogP contribution < -0.4 is 10.2 Å². The summed E-state index contributed by atoms with van der Waals surface area (Å²) < 4.78 is 0. The maximum atomic E-state index is 11.8. The number of nitrogens with one attached hydrogen (secondary N) is 1. The molecule has 0 unspecified atom stereocenters. The minimum atomic E-state index is -1.57. The molecule has 8 nitrogen and oxygen atoms in total. The Bertz CT molecular complexity index is 459. The first kappa shape index (κ1) is 14.5. The van der Waals surface area contributed by atoms with Crippen LogP contribution in [0.15, 0.2) is 11.6 Å². The van der Waals surface area contributed by atoms with E-state index < -0.39 is 12.1 Å². The normalized spacial score (nSPS) is 16.9. The molecule has 1 fully saturated rings. The second-order valence-corrected chi connectivity index (χ2v) is 5.20.